The highest BCUT2D eigenvalue weighted by Crippen LogP contribution is 2.44. The minimum atomic E-state index is -0.588. The molecule has 0 atom stereocenters. The highest BCUT2D eigenvalue weighted by Gasteiger charge is 2.47. The Morgan fingerprint density at radius 2 is 1.88 bits per heavy atom. The molecule has 0 unspecified atom stereocenters. The number of aryl methyl sites for hydroxylation is 1. The fraction of sp³-hybridized carbons (Fsp3) is 0.300. The van der Waals surface area contributed by atoms with Crippen LogP contribution >= 0.6 is 15.9 Å². The van der Waals surface area contributed by atoms with E-state index in [2.05, 4.69) is 21.2 Å². The summed E-state index contributed by atoms with van der Waals surface area (Å²) in [7, 11) is 0. The monoisotopic (exact) mass is 401 g/mol. The molecule has 1 N–H and O–H groups in total. The van der Waals surface area contributed by atoms with Crippen molar-refractivity contribution in [3.8, 4) is 0 Å². The zero-order valence-corrected chi connectivity index (χ0v) is 15.6. The zero-order chi connectivity index (χ0) is 17.9. The number of anilines is 1. The van der Waals surface area contributed by atoms with Gasteiger partial charge in [0.1, 0.15) is 0 Å². The van der Waals surface area contributed by atoms with Crippen LogP contribution in [0.15, 0.2) is 53.0 Å². The van der Waals surface area contributed by atoms with Gasteiger partial charge in [-0.15, -0.1) is 0 Å². The smallest absolute Gasteiger partial charge is 0.317 e. The van der Waals surface area contributed by atoms with Gasteiger partial charge in [-0.2, -0.15) is 0 Å². The number of benzene rings is 2. The Kier molecular flexibility index (Phi) is 5.23. The molecule has 0 aromatic heterocycles. The molecule has 0 bridgehead atoms. The van der Waals surface area contributed by atoms with Crippen molar-refractivity contribution in [3.63, 3.8) is 0 Å². The van der Waals surface area contributed by atoms with E-state index in [0.717, 1.165) is 34.9 Å². The second-order valence-electron chi connectivity index (χ2n) is 6.39. The first-order valence-electron chi connectivity index (χ1n) is 8.30. The number of esters is 1. The van der Waals surface area contributed by atoms with Crippen molar-refractivity contribution in [2.24, 2.45) is 0 Å². The second kappa shape index (κ2) is 7.40. The topological polar surface area (TPSA) is 55.4 Å². The van der Waals surface area contributed by atoms with Gasteiger partial charge in [-0.1, -0.05) is 52.7 Å². The van der Waals surface area contributed by atoms with Gasteiger partial charge in [0.15, 0.2) is 6.61 Å². The molecule has 2 aromatic carbocycles. The summed E-state index contributed by atoms with van der Waals surface area (Å²) in [4.78, 5) is 24.7. The average molecular weight is 402 g/mol. The Balaban J connectivity index is 1.61. The van der Waals surface area contributed by atoms with Crippen molar-refractivity contribution in [2.75, 3.05) is 11.9 Å². The van der Waals surface area contributed by atoms with Crippen LogP contribution in [0.4, 0.5) is 5.69 Å². The third kappa shape index (κ3) is 3.76. The van der Waals surface area contributed by atoms with Crippen LogP contribution in [-0.2, 0) is 19.7 Å². The molecule has 1 fully saturated rings. The summed E-state index contributed by atoms with van der Waals surface area (Å²) in [5.74, 6) is -0.645. The van der Waals surface area contributed by atoms with Gasteiger partial charge in [-0.25, -0.2) is 0 Å². The minimum absolute atomic E-state index is 0.275. The molecule has 0 radical (unpaired) electrons. The number of halogens is 1. The third-order valence-electron chi connectivity index (χ3n) is 4.72. The molecule has 3 rings (SSSR count). The fourth-order valence-corrected chi connectivity index (χ4v) is 3.60. The number of hydrogen-bond acceptors (Lipinski definition) is 3. The van der Waals surface area contributed by atoms with E-state index in [1.807, 2.05) is 55.5 Å². The minimum Gasteiger partial charge on any atom is -0.455 e. The highest BCUT2D eigenvalue weighted by atomic mass is 79.9. The van der Waals surface area contributed by atoms with E-state index < -0.39 is 5.41 Å². The van der Waals surface area contributed by atoms with E-state index in [1.165, 1.54) is 0 Å². The van der Waals surface area contributed by atoms with E-state index in [-0.39, 0.29) is 18.5 Å². The number of carbonyl (C=O) groups is 2. The van der Waals surface area contributed by atoms with Gasteiger partial charge in [0.05, 0.1) is 5.41 Å². The van der Waals surface area contributed by atoms with E-state index >= 15 is 0 Å². The molecule has 1 amide bonds. The molecule has 130 valence electrons. The van der Waals surface area contributed by atoms with E-state index in [4.69, 9.17) is 4.74 Å². The summed E-state index contributed by atoms with van der Waals surface area (Å²) < 4.78 is 6.29. The highest BCUT2D eigenvalue weighted by molar-refractivity contribution is 9.10. The number of nitrogens with one attached hydrogen (secondary N) is 1. The number of carbonyl (C=O) groups excluding carboxylic acids is 2. The molecule has 25 heavy (non-hydrogen) atoms. The first kappa shape index (κ1) is 17.7. The molecular formula is C20H20BrNO3. The standard InChI is InChI=1S/C20H20BrNO3/c1-14-12-16(21)8-9-17(14)22-18(23)13-25-19(24)20(10-5-11-20)15-6-3-2-4-7-15/h2-4,6-9,12H,5,10-11,13H2,1H3,(H,22,23). The van der Waals surface area contributed by atoms with Gasteiger partial charge in [0, 0.05) is 10.2 Å². The first-order valence-corrected chi connectivity index (χ1v) is 9.09. The van der Waals surface area contributed by atoms with Crippen molar-refractivity contribution >= 4 is 33.5 Å². The molecule has 1 aliphatic carbocycles. The molecule has 0 aliphatic heterocycles. The molecule has 0 heterocycles. The lowest BCUT2D eigenvalue weighted by atomic mass is 9.64. The SMILES string of the molecule is Cc1cc(Br)ccc1NC(=O)COC(=O)C1(c2ccccc2)CCC1. The van der Waals surface area contributed by atoms with Crippen LogP contribution < -0.4 is 5.32 Å². The second-order valence-corrected chi connectivity index (χ2v) is 7.30. The van der Waals surface area contributed by atoms with Crippen molar-refractivity contribution in [1.82, 2.24) is 0 Å². The summed E-state index contributed by atoms with van der Waals surface area (Å²) in [6.07, 6.45) is 2.53. The number of rotatable bonds is 5. The lowest BCUT2D eigenvalue weighted by Gasteiger charge is -2.39. The Hall–Kier alpha value is -2.14. The average Bonchev–Trinajstić information content (AvgIpc) is 2.55. The van der Waals surface area contributed by atoms with E-state index in [0.29, 0.717) is 5.69 Å². The van der Waals surface area contributed by atoms with Crippen molar-refractivity contribution in [2.45, 2.75) is 31.6 Å². The Bertz CT molecular complexity index is 785. The summed E-state index contributed by atoms with van der Waals surface area (Å²) in [6, 6.07) is 15.3. The van der Waals surface area contributed by atoms with Gasteiger partial charge >= 0.3 is 5.97 Å². The van der Waals surface area contributed by atoms with Crippen LogP contribution in [0.2, 0.25) is 0 Å². The maximum absolute atomic E-state index is 12.6. The van der Waals surface area contributed by atoms with Crippen LogP contribution in [0.3, 0.4) is 0 Å². The lowest BCUT2D eigenvalue weighted by molar-refractivity contribution is -0.156. The maximum atomic E-state index is 12.6. The van der Waals surface area contributed by atoms with Gasteiger partial charge in [-0.3, -0.25) is 9.59 Å². The van der Waals surface area contributed by atoms with Crippen LogP contribution in [0, 0.1) is 6.92 Å². The van der Waals surface area contributed by atoms with Gasteiger partial charge in [0.2, 0.25) is 0 Å². The van der Waals surface area contributed by atoms with E-state index in [1.54, 1.807) is 0 Å². The normalized spacial score (nSPS) is 15.1. The van der Waals surface area contributed by atoms with Crippen LogP contribution in [-0.4, -0.2) is 18.5 Å². The first-order chi connectivity index (χ1) is 12.0. The molecular weight excluding hydrogens is 382 g/mol. The number of ether oxygens (including phenoxy) is 1. The summed E-state index contributed by atoms with van der Waals surface area (Å²) in [5.41, 5.74) is 2.03. The summed E-state index contributed by atoms with van der Waals surface area (Å²) in [6.45, 7) is 1.63. The fourth-order valence-electron chi connectivity index (χ4n) is 3.12. The molecule has 1 saturated carbocycles. The quantitative estimate of drug-likeness (QED) is 0.757. The van der Waals surface area contributed by atoms with Crippen LogP contribution in [0.25, 0.3) is 0 Å². The molecule has 0 spiro atoms. The number of amides is 1. The van der Waals surface area contributed by atoms with Crippen molar-refractivity contribution in [1.29, 1.82) is 0 Å². The predicted molar refractivity (Wildman–Crippen MR) is 100 cm³/mol. The van der Waals surface area contributed by atoms with Gasteiger partial charge in [0.25, 0.3) is 5.91 Å². The van der Waals surface area contributed by atoms with E-state index in [9.17, 15) is 9.59 Å². The van der Waals surface area contributed by atoms with Gasteiger partial charge < -0.3 is 10.1 Å². The third-order valence-corrected chi connectivity index (χ3v) is 5.21. The van der Waals surface area contributed by atoms with Crippen LogP contribution in [0.1, 0.15) is 30.4 Å². The summed E-state index contributed by atoms with van der Waals surface area (Å²) in [5, 5.41) is 2.78. The van der Waals surface area contributed by atoms with Crippen molar-refractivity contribution in [3.05, 3.63) is 64.1 Å². The Morgan fingerprint density at radius 3 is 2.48 bits per heavy atom. The molecule has 4 nitrogen and oxygen atoms in total. The zero-order valence-electron chi connectivity index (χ0n) is 14.0. The summed E-state index contributed by atoms with van der Waals surface area (Å²) >= 11 is 3.39. The Labute approximate surface area is 155 Å². The lowest BCUT2D eigenvalue weighted by Crippen LogP contribution is -2.44. The predicted octanol–water partition coefficient (Wildman–Crippen LogP) is 4.36. The number of hydrogen-bond donors (Lipinski definition) is 1. The van der Waals surface area contributed by atoms with Crippen LogP contribution in [0.5, 0.6) is 0 Å². The molecule has 5 heteroatoms. The Morgan fingerprint density at radius 1 is 1.16 bits per heavy atom. The maximum Gasteiger partial charge on any atom is 0.317 e. The molecule has 2 aromatic rings. The molecule has 1 aliphatic rings. The van der Waals surface area contributed by atoms with Gasteiger partial charge in [-0.05, 0) is 49.1 Å². The van der Waals surface area contributed by atoms with Crippen molar-refractivity contribution < 1.29 is 14.3 Å². The molecule has 0 saturated heterocycles. The largest absolute Gasteiger partial charge is 0.455 e.